The monoisotopic (exact) mass is 158 g/mol. The van der Waals surface area contributed by atoms with Gasteiger partial charge < -0.3 is 9.47 Å². The predicted octanol–water partition coefficient (Wildman–Crippen LogP) is 1.12. The highest BCUT2D eigenvalue weighted by atomic mass is 16.6. The maximum absolute atomic E-state index is 10.9. The van der Waals surface area contributed by atoms with Gasteiger partial charge in [-0.2, -0.15) is 0 Å². The Morgan fingerprint density at radius 2 is 2.27 bits per heavy atom. The third-order valence-corrected chi connectivity index (χ3v) is 1.67. The molecule has 0 saturated carbocycles. The second-order valence-electron chi connectivity index (χ2n) is 2.64. The molecular formula is C8H14O3. The average Bonchev–Trinajstić information content (AvgIpc) is 2.69. The summed E-state index contributed by atoms with van der Waals surface area (Å²) in [6.45, 7) is 4.32. The fourth-order valence-electron chi connectivity index (χ4n) is 1.08. The number of hydrogen-bond acceptors (Lipinski definition) is 3. The normalized spacial score (nSPS) is 28.2. The molecule has 0 aromatic carbocycles. The van der Waals surface area contributed by atoms with Crippen molar-refractivity contribution in [2.75, 3.05) is 6.61 Å². The molecule has 1 heterocycles. The fourth-order valence-corrected chi connectivity index (χ4v) is 1.08. The van der Waals surface area contributed by atoms with E-state index >= 15 is 0 Å². The molecule has 2 atom stereocenters. The number of esters is 1. The van der Waals surface area contributed by atoms with Gasteiger partial charge in [0.25, 0.3) is 0 Å². The van der Waals surface area contributed by atoms with Gasteiger partial charge in [-0.25, -0.2) is 4.79 Å². The first-order valence-corrected chi connectivity index (χ1v) is 4.11. The van der Waals surface area contributed by atoms with Gasteiger partial charge in [-0.15, -0.1) is 0 Å². The number of ether oxygens (including phenoxy) is 2. The van der Waals surface area contributed by atoms with Crippen molar-refractivity contribution in [3.05, 3.63) is 0 Å². The molecular weight excluding hydrogens is 144 g/mol. The molecule has 1 aliphatic rings. The molecule has 0 unspecified atom stereocenters. The topological polar surface area (TPSA) is 38.8 Å². The molecule has 0 aliphatic carbocycles. The van der Waals surface area contributed by atoms with Crippen molar-refractivity contribution in [3.63, 3.8) is 0 Å². The second kappa shape index (κ2) is 3.72. The minimum Gasteiger partial charge on any atom is -0.464 e. The first-order chi connectivity index (χ1) is 5.29. The highest BCUT2D eigenvalue weighted by Gasteiger charge is 2.45. The van der Waals surface area contributed by atoms with Crippen molar-refractivity contribution < 1.29 is 14.3 Å². The van der Waals surface area contributed by atoms with E-state index in [2.05, 4.69) is 6.92 Å². The molecule has 1 fully saturated rings. The first kappa shape index (κ1) is 8.53. The Bertz CT molecular complexity index is 144. The van der Waals surface area contributed by atoms with Crippen LogP contribution in [-0.4, -0.2) is 24.8 Å². The Kier molecular flexibility index (Phi) is 2.88. The lowest BCUT2D eigenvalue weighted by Crippen LogP contribution is -2.13. The third-order valence-electron chi connectivity index (χ3n) is 1.67. The highest BCUT2D eigenvalue weighted by molar-refractivity contribution is 5.77. The number of carbonyl (C=O) groups is 1. The van der Waals surface area contributed by atoms with Crippen molar-refractivity contribution in [1.82, 2.24) is 0 Å². The van der Waals surface area contributed by atoms with Crippen LogP contribution in [0, 0.1) is 0 Å². The fraction of sp³-hybridized carbons (Fsp3) is 0.875. The van der Waals surface area contributed by atoms with Crippen LogP contribution in [0.3, 0.4) is 0 Å². The molecule has 0 spiro atoms. The van der Waals surface area contributed by atoms with Gasteiger partial charge in [0.05, 0.1) is 12.7 Å². The quantitative estimate of drug-likeness (QED) is 0.454. The van der Waals surface area contributed by atoms with Gasteiger partial charge in [-0.1, -0.05) is 13.3 Å². The van der Waals surface area contributed by atoms with Crippen molar-refractivity contribution in [2.24, 2.45) is 0 Å². The van der Waals surface area contributed by atoms with Gasteiger partial charge in [0.15, 0.2) is 6.10 Å². The molecule has 0 N–H and O–H groups in total. The van der Waals surface area contributed by atoms with Gasteiger partial charge in [-0.05, 0) is 13.3 Å². The van der Waals surface area contributed by atoms with E-state index in [1.54, 1.807) is 6.92 Å². The van der Waals surface area contributed by atoms with E-state index in [0.29, 0.717) is 6.61 Å². The molecule has 1 saturated heterocycles. The summed E-state index contributed by atoms with van der Waals surface area (Å²) >= 11 is 0. The summed E-state index contributed by atoms with van der Waals surface area (Å²) in [4.78, 5) is 10.9. The van der Waals surface area contributed by atoms with Crippen molar-refractivity contribution in [2.45, 2.75) is 38.9 Å². The summed E-state index contributed by atoms with van der Waals surface area (Å²) in [7, 11) is 0. The summed E-state index contributed by atoms with van der Waals surface area (Å²) in [5.41, 5.74) is 0. The molecule has 64 valence electrons. The Hall–Kier alpha value is -0.570. The van der Waals surface area contributed by atoms with Crippen LogP contribution in [0.2, 0.25) is 0 Å². The van der Waals surface area contributed by atoms with Gasteiger partial charge in [0.1, 0.15) is 0 Å². The van der Waals surface area contributed by atoms with E-state index in [9.17, 15) is 4.79 Å². The van der Waals surface area contributed by atoms with E-state index < -0.39 is 0 Å². The first-order valence-electron chi connectivity index (χ1n) is 4.11. The molecule has 11 heavy (non-hydrogen) atoms. The van der Waals surface area contributed by atoms with Crippen molar-refractivity contribution in [3.8, 4) is 0 Å². The van der Waals surface area contributed by atoms with E-state index in [1.807, 2.05) is 0 Å². The minimum absolute atomic E-state index is 0.138. The number of rotatable bonds is 4. The van der Waals surface area contributed by atoms with Gasteiger partial charge in [0, 0.05) is 0 Å². The van der Waals surface area contributed by atoms with Crippen LogP contribution in [0.25, 0.3) is 0 Å². The van der Waals surface area contributed by atoms with Crippen LogP contribution >= 0.6 is 0 Å². The number of epoxide rings is 1. The van der Waals surface area contributed by atoms with Crippen molar-refractivity contribution in [1.29, 1.82) is 0 Å². The van der Waals surface area contributed by atoms with Gasteiger partial charge in [-0.3, -0.25) is 0 Å². The van der Waals surface area contributed by atoms with Crippen LogP contribution in [0.4, 0.5) is 0 Å². The Balaban J connectivity index is 2.15. The van der Waals surface area contributed by atoms with E-state index in [1.165, 1.54) is 0 Å². The number of hydrogen-bond donors (Lipinski definition) is 0. The molecule has 0 radical (unpaired) electrons. The lowest BCUT2D eigenvalue weighted by molar-refractivity contribution is -0.144. The van der Waals surface area contributed by atoms with Crippen molar-refractivity contribution >= 4 is 5.97 Å². The summed E-state index contributed by atoms with van der Waals surface area (Å²) in [6, 6.07) is 0. The molecule has 0 amide bonds. The zero-order chi connectivity index (χ0) is 8.27. The molecule has 3 heteroatoms. The maximum Gasteiger partial charge on any atom is 0.337 e. The number of carbonyl (C=O) groups excluding carboxylic acids is 1. The average molecular weight is 158 g/mol. The van der Waals surface area contributed by atoms with E-state index in [-0.39, 0.29) is 18.2 Å². The summed E-state index contributed by atoms with van der Waals surface area (Å²) in [5.74, 6) is -0.203. The van der Waals surface area contributed by atoms with Crippen LogP contribution in [0.5, 0.6) is 0 Å². The molecule has 0 bridgehead atoms. The van der Waals surface area contributed by atoms with Crippen LogP contribution in [-0.2, 0) is 14.3 Å². The Morgan fingerprint density at radius 1 is 1.55 bits per heavy atom. The van der Waals surface area contributed by atoms with Crippen LogP contribution in [0.15, 0.2) is 0 Å². The SMILES string of the molecule is CCC[C@H]1O[C@@H]1C(=O)OCC. The highest BCUT2D eigenvalue weighted by Crippen LogP contribution is 2.27. The van der Waals surface area contributed by atoms with Gasteiger partial charge >= 0.3 is 5.97 Å². The zero-order valence-corrected chi connectivity index (χ0v) is 7.00. The lowest BCUT2D eigenvalue weighted by Gasteiger charge is -1.95. The zero-order valence-electron chi connectivity index (χ0n) is 7.00. The Labute approximate surface area is 66.7 Å². The molecule has 0 aromatic heterocycles. The molecule has 0 aromatic rings. The predicted molar refractivity (Wildman–Crippen MR) is 40.2 cm³/mol. The summed E-state index contributed by atoms with van der Waals surface area (Å²) in [5, 5.41) is 0. The van der Waals surface area contributed by atoms with Crippen LogP contribution in [0.1, 0.15) is 26.7 Å². The van der Waals surface area contributed by atoms with E-state index in [4.69, 9.17) is 9.47 Å². The lowest BCUT2D eigenvalue weighted by atomic mass is 10.2. The molecule has 1 aliphatic heterocycles. The maximum atomic E-state index is 10.9. The molecule has 1 rings (SSSR count). The van der Waals surface area contributed by atoms with Gasteiger partial charge in [0.2, 0.25) is 0 Å². The van der Waals surface area contributed by atoms with E-state index in [0.717, 1.165) is 12.8 Å². The smallest absolute Gasteiger partial charge is 0.337 e. The largest absolute Gasteiger partial charge is 0.464 e. The molecule has 3 nitrogen and oxygen atoms in total. The Morgan fingerprint density at radius 3 is 2.82 bits per heavy atom. The summed E-state index contributed by atoms with van der Waals surface area (Å²) in [6.07, 6.45) is 1.90. The summed E-state index contributed by atoms with van der Waals surface area (Å²) < 4.78 is 9.88. The standard InChI is InChI=1S/C8H14O3/c1-3-5-6-7(11-6)8(9)10-4-2/h6-7H,3-5H2,1-2H3/t6-,7+/m1/s1. The second-order valence-corrected chi connectivity index (χ2v) is 2.64. The third kappa shape index (κ3) is 2.19. The van der Waals surface area contributed by atoms with Crippen LogP contribution < -0.4 is 0 Å². The minimum atomic E-state index is -0.255.